The molecule has 0 fully saturated rings. The molecule has 0 aliphatic heterocycles. The molecule has 0 radical (unpaired) electrons. The molecule has 1 heterocycles. The Labute approximate surface area is 144 Å². The number of carbonyl (C=O) groups is 2. The number of hydrogen-bond donors (Lipinski definition) is 1. The molecule has 0 saturated heterocycles. The number of hydrogen-bond acceptors (Lipinski definition) is 5. The molecule has 0 bridgehead atoms. The lowest BCUT2D eigenvalue weighted by atomic mass is 9.96. The van der Waals surface area contributed by atoms with Crippen LogP contribution in [0.15, 0.2) is 41.8 Å². The number of ether oxygens (including phenoxy) is 2. The molecule has 24 heavy (non-hydrogen) atoms. The molecule has 1 N–H and O–H groups in total. The first-order valence-electron chi connectivity index (χ1n) is 7.64. The second-order valence-corrected chi connectivity index (χ2v) is 6.51. The first kappa shape index (κ1) is 18.0. The molecule has 2 aromatic rings. The van der Waals surface area contributed by atoms with Gasteiger partial charge in [-0.25, -0.2) is 4.79 Å². The Morgan fingerprint density at radius 1 is 1.17 bits per heavy atom. The van der Waals surface area contributed by atoms with Crippen LogP contribution in [-0.4, -0.2) is 29.8 Å². The Hall–Kier alpha value is -2.34. The molecular formula is C18H20O5S. The van der Waals surface area contributed by atoms with Crippen LogP contribution in [-0.2, 0) is 11.2 Å². The molecule has 2 unspecified atom stereocenters. The van der Waals surface area contributed by atoms with Crippen LogP contribution in [0.2, 0.25) is 0 Å². The standard InChI is InChI=1S/C18H20O5S/c1-12(13(2)23-18(20)21)10-14-6-3-4-7-16(14)22-11-15(19)17-8-5-9-24-17/h3-9,12-13H,10-11H2,1-2H3,(H,20,21). The average Bonchev–Trinajstić information content (AvgIpc) is 3.07. The fourth-order valence-corrected chi connectivity index (χ4v) is 2.90. The van der Waals surface area contributed by atoms with Crippen LogP contribution < -0.4 is 4.74 Å². The summed E-state index contributed by atoms with van der Waals surface area (Å²) in [6.07, 6.45) is -1.11. The minimum absolute atomic E-state index is 0.0150. The summed E-state index contributed by atoms with van der Waals surface area (Å²) < 4.78 is 10.5. The van der Waals surface area contributed by atoms with Crippen LogP contribution in [0, 0.1) is 5.92 Å². The molecule has 6 heteroatoms. The van der Waals surface area contributed by atoms with Gasteiger partial charge in [-0.2, -0.15) is 0 Å². The van der Waals surface area contributed by atoms with E-state index in [9.17, 15) is 9.59 Å². The molecule has 128 valence electrons. The average molecular weight is 348 g/mol. The van der Waals surface area contributed by atoms with Crippen molar-refractivity contribution in [3.8, 4) is 5.75 Å². The van der Waals surface area contributed by atoms with E-state index in [-0.39, 0.29) is 18.3 Å². The quantitative estimate of drug-likeness (QED) is 0.570. The van der Waals surface area contributed by atoms with E-state index in [1.165, 1.54) is 11.3 Å². The third kappa shape index (κ3) is 5.09. The van der Waals surface area contributed by atoms with Crippen molar-refractivity contribution in [1.82, 2.24) is 0 Å². The van der Waals surface area contributed by atoms with Gasteiger partial charge >= 0.3 is 6.16 Å². The summed E-state index contributed by atoms with van der Waals surface area (Å²) in [6.45, 7) is 3.62. The predicted molar refractivity (Wildman–Crippen MR) is 92.0 cm³/mol. The maximum Gasteiger partial charge on any atom is 0.506 e. The number of benzene rings is 1. The molecular weight excluding hydrogens is 328 g/mol. The first-order chi connectivity index (χ1) is 11.5. The minimum Gasteiger partial charge on any atom is -0.485 e. The Morgan fingerprint density at radius 2 is 1.92 bits per heavy atom. The SMILES string of the molecule is CC(Cc1ccccc1OCC(=O)c1cccs1)C(C)OC(=O)O. The van der Waals surface area contributed by atoms with E-state index in [1.54, 1.807) is 13.0 Å². The number of thiophene rings is 1. The normalized spacial score (nSPS) is 13.1. The van der Waals surface area contributed by atoms with E-state index in [0.29, 0.717) is 17.0 Å². The van der Waals surface area contributed by atoms with Crippen molar-refractivity contribution in [3.63, 3.8) is 0 Å². The van der Waals surface area contributed by atoms with E-state index < -0.39 is 12.3 Å². The van der Waals surface area contributed by atoms with Gasteiger partial charge < -0.3 is 14.6 Å². The van der Waals surface area contributed by atoms with Gasteiger partial charge in [0.05, 0.1) is 4.88 Å². The highest BCUT2D eigenvalue weighted by Crippen LogP contribution is 2.24. The summed E-state index contributed by atoms with van der Waals surface area (Å²) in [5.74, 6) is 0.561. The summed E-state index contributed by atoms with van der Waals surface area (Å²) >= 11 is 1.39. The van der Waals surface area contributed by atoms with Gasteiger partial charge in [0.1, 0.15) is 11.9 Å². The summed E-state index contributed by atoms with van der Waals surface area (Å²) in [7, 11) is 0. The fourth-order valence-electron chi connectivity index (χ4n) is 2.25. The smallest absolute Gasteiger partial charge is 0.485 e. The summed E-state index contributed by atoms with van der Waals surface area (Å²) in [4.78, 5) is 23.4. The molecule has 0 amide bonds. The van der Waals surface area contributed by atoms with E-state index >= 15 is 0 Å². The van der Waals surface area contributed by atoms with Crippen molar-refractivity contribution >= 4 is 23.3 Å². The largest absolute Gasteiger partial charge is 0.506 e. The van der Waals surface area contributed by atoms with Crippen molar-refractivity contribution in [2.24, 2.45) is 5.92 Å². The Morgan fingerprint density at radius 3 is 2.58 bits per heavy atom. The molecule has 0 spiro atoms. The topological polar surface area (TPSA) is 72.8 Å². The minimum atomic E-state index is -1.28. The maximum absolute atomic E-state index is 12.0. The number of ketones is 1. The van der Waals surface area contributed by atoms with Crippen molar-refractivity contribution in [2.45, 2.75) is 26.4 Å². The lowest BCUT2D eigenvalue weighted by Crippen LogP contribution is -2.23. The van der Waals surface area contributed by atoms with Gasteiger partial charge in [-0.3, -0.25) is 4.79 Å². The van der Waals surface area contributed by atoms with E-state index in [1.807, 2.05) is 42.6 Å². The predicted octanol–water partition coefficient (Wildman–Crippen LogP) is 4.27. The van der Waals surface area contributed by atoms with Gasteiger partial charge in [0.25, 0.3) is 0 Å². The number of rotatable bonds is 8. The third-order valence-electron chi connectivity index (χ3n) is 3.76. The first-order valence-corrected chi connectivity index (χ1v) is 8.52. The molecule has 2 atom stereocenters. The summed E-state index contributed by atoms with van der Waals surface area (Å²) in [5.41, 5.74) is 0.921. The summed E-state index contributed by atoms with van der Waals surface area (Å²) in [5, 5.41) is 10.6. The molecule has 0 saturated carbocycles. The van der Waals surface area contributed by atoms with E-state index in [4.69, 9.17) is 14.6 Å². The van der Waals surface area contributed by atoms with Crippen LogP contribution in [0.5, 0.6) is 5.75 Å². The second-order valence-electron chi connectivity index (χ2n) is 5.57. The Kier molecular flexibility index (Phi) is 6.37. The lowest BCUT2D eigenvalue weighted by Gasteiger charge is -2.20. The fraction of sp³-hybridized carbons (Fsp3) is 0.333. The summed E-state index contributed by atoms with van der Waals surface area (Å²) in [6, 6.07) is 11.1. The van der Waals surface area contributed by atoms with Crippen molar-refractivity contribution in [1.29, 1.82) is 0 Å². The molecule has 5 nitrogen and oxygen atoms in total. The van der Waals surface area contributed by atoms with Gasteiger partial charge in [0.2, 0.25) is 5.78 Å². The molecule has 0 aliphatic rings. The zero-order chi connectivity index (χ0) is 17.5. The number of carboxylic acid groups (broad SMARTS) is 1. The number of carbonyl (C=O) groups excluding carboxylic acids is 1. The van der Waals surface area contributed by atoms with Crippen LogP contribution in [0.4, 0.5) is 4.79 Å². The monoisotopic (exact) mass is 348 g/mol. The van der Waals surface area contributed by atoms with Crippen LogP contribution >= 0.6 is 11.3 Å². The maximum atomic E-state index is 12.0. The van der Waals surface area contributed by atoms with Crippen molar-refractivity contribution in [3.05, 3.63) is 52.2 Å². The van der Waals surface area contributed by atoms with Gasteiger partial charge in [-0.05, 0) is 42.3 Å². The Balaban J connectivity index is 1.99. The second kappa shape index (κ2) is 8.49. The van der Waals surface area contributed by atoms with Gasteiger partial charge in [0.15, 0.2) is 6.61 Å². The van der Waals surface area contributed by atoms with Gasteiger partial charge in [-0.15, -0.1) is 11.3 Å². The van der Waals surface area contributed by atoms with Crippen molar-refractivity contribution in [2.75, 3.05) is 6.61 Å². The molecule has 1 aromatic heterocycles. The van der Waals surface area contributed by atoms with Crippen LogP contribution in [0.3, 0.4) is 0 Å². The number of Topliss-reactive ketones (excluding diaryl/α,β-unsaturated/α-hetero) is 1. The highest BCUT2D eigenvalue weighted by atomic mass is 32.1. The Bertz CT molecular complexity index is 680. The third-order valence-corrected chi connectivity index (χ3v) is 4.67. The van der Waals surface area contributed by atoms with E-state index in [0.717, 1.165) is 5.56 Å². The highest BCUT2D eigenvalue weighted by molar-refractivity contribution is 7.12. The highest BCUT2D eigenvalue weighted by Gasteiger charge is 2.19. The molecule has 1 aromatic carbocycles. The van der Waals surface area contributed by atoms with Crippen LogP contribution in [0.25, 0.3) is 0 Å². The molecule has 0 aliphatic carbocycles. The zero-order valence-electron chi connectivity index (χ0n) is 13.6. The van der Waals surface area contributed by atoms with E-state index in [2.05, 4.69) is 0 Å². The van der Waals surface area contributed by atoms with Gasteiger partial charge in [-0.1, -0.05) is 31.2 Å². The van der Waals surface area contributed by atoms with Crippen LogP contribution in [0.1, 0.15) is 29.1 Å². The molecule has 2 rings (SSSR count). The zero-order valence-corrected chi connectivity index (χ0v) is 14.4. The number of para-hydroxylation sites is 1. The lowest BCUT2D eigenvalue weighted by molar-refractivity contribution is 0.0369. The van der Waals surface area contributed by atoms with Gasteiger partial charge in [0, 0.05) is 0 Å². The van der Waals surface area contributed by atoms with Crippen molar-refractivity contribution < 1.29 is 24.2 Å².